The number of ether oxygens (including phenoxy) is 1. The van der Waals surface area contributed by atoms with Gasteiger partial charge in [-0.05, 0) is 28.1 Å². The van der Waals surface area contributed by atoms with E-state index in [1.165, 1.54) is 6.07 Å². The predicted octanol–water partition coefficient (Wildman–Crippen LogP) is 2.44. The van der Waals surface area contributed by atoms with E-state index in [1.807, 2.05) is 0 Å². The van der Waals surface area contributed by atoms with Crippen LogP contribution in [0.2, 0.25) is 0 Å². The minimum Gasteiger partial charge on any atom is -0.490 e. The molecule has 0 aromatic heterocycles. The second kappa shape index (κ2) is 4.95. The second-order valence-corrected chi connectivity index (χ2v) is 3.40. The standard InChI is InChI=1S/C9H8BrFO3/c10-6-2-1-3-7(9(6)11)14-5-4-8(12)13/h1-3H,4-5H2,(H,12,13). The maximum Gasteiger partial charge on any atom is 0.306 e. The Bertz CT molecular complexity index is 341. The highest BCUT2D eigenvalue weighted by molar-refractivity contribution is 9.10. The van der Waals surface area contributed by atoms with Gasteiger partial charge >= 0.3 is 5.97 Å². The Hall–Kier alpha value is -1.10. The maximum atomic E-state index is 13.2. The van der Waals surface area contributed by atoms with Gasteiger partial charge in [-0.2, -0.15) is 0 Å². The fourth-order valence-electron chi connectivity index (χ4n) is 0.844. The first-order chi connectivity index (χ1) is 6.61. The molecule has 0 aliphatic heterocycles. The van der Waals surface area contributed by atoms with E-state index < -0.39 is 11.8 Å². The number of carbonyl (C=O) groups is 1. The molecule has 0 spiro atoms. The summed E-state index contributed by atoms with van der Waals surface area (Å²) in [6.07, 6.45) is -0.147. The van der Waals surface area contributed by atoms with Crippen LogP contribution >= 0.6 is 15.9 Å². The summed E-state index contributed by atoms with van der Waals surface area (Å²) in [5.41, 5.74) is 0. The number of carboxylic acid groups (broad SMARTS) is 1. The van der Waals surface area contributed by atoms with Gasteiger partial charge < -0.3 is 9.84 Å². The van der Waals surface area contributed by atoms with Gasteiger partial charge in [0.15, 0.2) is 11.6 Å². The van der Waals surface area contributed by atoms with Crippen molar-refractivity contribution in [3.05, 3.63) is 28.5 Å². The molecule has 1 aromatic rings. The molecule has 3 nitrogen and oxygen atoms in total. The van der Waals surface area contributed by atoms with Gasteiger partial charge in [-0.1, -0.05) is 6.07 Å². The first-order valence-corrected chi connectivity index (χ1v) is 4.69. The Morgan fingerprint density at radius 2 is 2.29 bits per heavy atom. The third-order valence-electron chi connectivity index (χ3n) is 1.49. The van der Waals surface area contributed by atoms with Crippen molar-refractivity contribution < 1.29 is 19.0 Å². The van der Waals surface area contributed by atoms with Gasteiger partial charge in [0, 0.05) is 0 Å². The summed E-state index contributed by atoms with van der Waals surface area (Å²) in [5.74, 6) is -1.43. The second-order valence-electron chi connectivity index (χ2n) is 2.54. The molecule has 0 bridgehead atoms. The molecule has 0 saturated heterocycles. The first kappa shape index (κ1) is 11.0. The smallest absolute Gasteiger partial charge is 0.306 e. The number of halogens is 2. The normalized spacial score (nSPS) is 9.86. The summed E-state index contributed by atoms with van der Waals surface area (Å²) >= 11 is 3.00. The molecule has 0 saturated carbocycles. The van der Waals surface area contributed by atoms with Crippen LogP contribution in [0.1, 0.15) is 6.42 Å². The van der Waals surface area contributed by atoms with Crippen LogP contribution in [-0.4, -0.2) is 17.7 Å². The van der Waals surface area contributed by atoms with Crippen molar-refractivity contribution in [2.75, 3.05) is 6.61 Å². The minimum absolute atomic E-state index is 0.0390. The minimum atomic E-state index is -0.972. The van der Waals surface area contributed by atoms with Crippen LogP contribution in [-0.2, 0) is 4.79 Å². The van der Waals surface area contributed by atoms with Crippen LogP contribution in [0.15, 0.2) is 22.7 Å². The predicted molar refractivity (Wildman–Crippen MR) is 51.8 cm³/mol. The first-order valence-electron chi connectivity index (χ1n) is 3.90. The van der Waals surface area contributed by atoms with Crippen molar-refractivity contribution >= 4 is 21.9 Å². The highest BCUT2D eigenvalue weighted by atomic mass is 79.9. The Labute approximate surface area is 88.6 Å². The average molecular weight is 263 g/mol. The van der Waals surface area contributed by atoms with Crippen LogP contribution < -0.4 is 4.74 Å². The number of hydrogen-bond donors (Lipinski definition) is 1. The summed E-state index contributed by atoms with van der Waals surface area (Å²) < 4.78 is 18.4. The molecule has 0 aliphatic rings. The van der Waals surface area contributed by atoms with E-state index >= 15 is 0 Å². The summed E-state index contributed by atoms with van der Waals surface area (Å²) in [4.78, 5) is 10.2. The average Bonchev–Trinajstić information content (AvgIpc) is 2.12. The van der Waals surface area contributed by atoms with Crippen LogP contribution in [0, 0.1) is 5.82 Å². The van der Waals surface area contributed by atoms with Gasteiger partial charge in [0.25, 0.3) is 0 Å². The molecule has 0 unspecified atom stereocenters. The third kappa shape index (κ3) is 2.99. The summed E-state index contributed by atoms with van der Waals surface area (Å²) in [6.45, 7) is -0.0390. The van der Waals surface area contributed by atoms with Crippen molar-refractivity contribution in [2.24, 2.45) is 0 Å². The summed E-state index contributed by atoms with van der Waals surface area (Å²) in [6, 6.07) is 4.60. The van der Waals surface area contributed by atoms with E-state index in [9.17, 15) is 9.18 Å². The molecule has 0 radical (unpaired) electrons. The van der Waals surface area contributed by atoms with Gasteiger partial charge in [0.1, 0.15) is 0 Å². The Balaban J connectivity index is 2.59. The zero-order chi connectivity index (χ0) is 10.6. The Morgan fingerprint density at radius 3 is 2.93 bits per heavy atom. The molecule has 0 atom stereocenters. The molecular weight excluding hydrogens is 255 g/mol. The van der Waals surface area contributed by atoms with Crippen molar-refractivity contribution in [2.45, 2.75) is 6.42 Å². The van der Waals surface area contributed by atoms with E-state index in [4.69, 9.17) is 9.84 Å². The Kier molecular flexibility index (Phi) is 3.88. The molecule has 76 valence electrons. The molecule has 1 N–H and O–H groups in total. The summed E-state index contributed by atoms with van der Waals surface area (Å²) in [5, 5.41) is 8.33. The lowest BCUT2D eigenvalue weighted by Gasteiger charge is -2.05. The zero-order valence-electron chi connectivity index (χ0n) is 7.17. The van der Waals surface area contributed by atoms with Crippen molar-refractivity contribution in [1.29, 1.82) is 0 Å². The number of benzene rings is 1. The molecule has 0 aliphatic carbocycles. The lowest BCUT2D eigenvalue weighted by Crippen LogP contribution is -2.05. The van der Waals surface area contributed by atoms with Crippen LogP contribution in [0.5, 0.6) is 5.75 Å². The maximum absolute atomic E-state index is 13.2. The monoisotopic (exact) mass is 262 g/mol. The highest BCUT2D eigenvalue weighted by Gasteiger charge is 2.07. The van der Waals surface area contributed by atoms with Crippen LogP contribution in [0.4, 0.5) is 4.39 Å². The highest BCUT2D eigenvalue weighted by Crippen LogP contribution is 2.24. The van der Waals surface area contributed by atoms with E-state index in [-0.39, 0.29) is 18.8 Å². The summed E-state index contributed by atoms with van der Waals surface area (Å²) in [7, 11) is 0. The quantitative estimate of drug-likeness (QED) is 0.907. The number of carboxylic acids is 1. The number of rotatable bonds is 4. The molecule has 0 heterocycles. The fraction of sp³-hybridized carbons (Fsp3) is 0.222. The third-order valence-corrected chi connectivity index (χ3v) is 2.10. The largest absolute Gasteiger partial charge is 0.490 e. The van der Waals surface area contributed by atoms with E-state index in [0.717, 1.165) is 0 Å². The van der Waals surface area contributed by atoms with Gasteiger partial charge in [-0.3, -0.25) is 4.79 Å². The van der Waals surface area contributed by atoms with Gasteiger partial charge in [-0.25, -0.2) is 4.39 Å². The topological polar surface area (TPSA) is 46.5 Å². The van der Waals surface area contributed by atoms with E-state index in [0.29, 0.717) is 4.47 Å². The number of hydrogen-bond acceptors (Lipinski definition) is 2. The van der Waals surface area contributed by atoms with Gasteiger partial charge in [0.05, 0.1) is 17.5 Å². The SMILES string of the molecule is O=C(O)CCOc1cccc(Br)c1F. The van der Waals surface area contributed by atoms with E-state index in [2.05, 4.69) is 15.9 Å². The van der Waals surface area contributed by atoms with Crippen LogP contribution in [0.3, 0.4) is 0 Å². The molecule has 0 fully saturated rings. The molecule has 1 aromatic carbocycles. The van der Waals surface area contributed by atoms with Crippen molar-refractivity contribution in [3.63, 3.8) is 0 Å². The van der Waals surface area contributed by atoms with E-state index in [1.54, 1.807) is 12.1 Å². The zero-order valence-corrected chi connectivity index (χ0v) is 8.75. The lowest BCUT2D eigenvalue weighted by atomic mass is 10.3. The molecular formula is C9H8BrFO3. The molecule has 5 heteroatoms. The van der Waals surface area contributed by atoms with Crippen molar-refractivity contribution in [1.82, 2.24) is 0 Å². The molecule has 1 rings (SSSR count). The van der Waals surface area contributed by atoms with Crippen molar-refractivity contribution in [3.8, 4) is 5.75 Å². The fourth-order valence-corrected chi connectivity index (χ4v) is 1.19. The van der Waals surface area contributed by atoms with Gasteiger partial charge in [0.2, 0.25) is 0 Å². The Morgan fingerprint density at radius 1 is 1.57 bits per heavy atom. The molecule has 0 amide bonds. The van der Waals surface area contributed by atoms with Crippen LogP contribution in [0.25, 0.3) is 0 Å². The number of aliphatic carboxylic acids is 1. The molecule has 14 heavy (non-hydrogen) atoms. The lowest BCUT2D eigenvalue weighted by molar-refractivity contribution is -0.137. The van der Waals surface area contributed by atoms with Gasteiger partial charge in [-0.15, -0.1) is 0 Å².